The van der Waals surface area contributed by atoms with E-state index in [1.54, 1.807) is 24.3 Å². The maximum absolute atomic E-state index is 14.3. The fraction of sp³-hybridized carbons (Fsp3) is 0.233. The second-order valence-electron chi connectivity index (χ2n) is 19.3. The zero-order chi connectivity index (χ0) is 50.2. The first kappa shape index (κ1) is 49.7. The van der Waals surface area contributed by atoms with Crippen molar-refractivity contribution in [2.75, 3.05) is 16.0 Å². The lowest BCUT2D eigenvalue weighted by Crippen LogP contribution is -2.30. The van der Waals surface area contributed by atoms with E-state index in [9.17, 15) is 16.8 Å². The second kappa shape index (κ2) is 19.9. The van der Waals surface area contributed by atoms with E-state index in [0.717, 1.165) is 79.2 Å². The van der Waals surface area contributed by atoms with E-state index in [2.05, 4.69) is 187 Å². The fourth-order valence-electron chi connectivity index (χ4n) is 9.95. The van der Waals surface area contributed by atoms with Crippen LogP contribution in [0.2, 0.25) is 0 Å². The van der Waals surface area contributed by atoms with Crippen LogP contribution in [0.15, 0.2) is 149 Å². The van der Waals surface area contributed by atoms with Gasteiger partial charge in [0.25, 0.3) is 20.0 Å². The van der Waals surface area contributed by atoms with Gasteiger partial charge in [-0.25, -0.2) is 16.8 Å². The highest BCUT2D eigenvalue weighted by molar-refractivity contribution is 8.04. The highest BCUT2D eigenvalue weighted by Crippen LogP contribution is 2.42. The van der Waals surface area contributed by atoms with E-state index in [0.29, 0.717) is 11.1 Å². The Balaban J connectivity index is 1.26. The van der Waals surface area contributed by atoms with Gasteiger partial charge in [-0.3, -0.25) is 0 Å². The van der Waals surface area contributed by atoms with Crippen LogP contribution in [-0.2, 0) is 20.0 Å². The largest absolute Gasteiger partial charge is 0.355 e. The number of nitrogens with one attached hydrogen (secondary N) is 4. The number of rotatable bonds is 15. The van der Waals surface area contributed by atoms with Crippen LogP contribution in [0, 0.1) is 62.3 Å². The number of hydrogen-bond donors (Lipinski definition) is 4. The van der Waals surface area contributed by atoms with Crippen molar-refractivity contribution in [3.63, 3.8) is 0 Å². The lowest BCUT2D eigenvalue weighted by atomic mass is 9.82. The zero-order valence-electron chi connectivity index (χ0n) is 42.1. The summed E-state index contributed by atoms with van der Waals surface area (Å²) in [4.78, 5) is -0.305. The van der Waals surface area contributed by atoms with E-state index < -0.39 is 20.0 Å². The molecule has 0 radical (unpaired) electrons. The van der Waals surface area contributed by atoms with Crippen LogP contribution in [-0.4, -0.2) is 16.8 Å². The smallest absolute Gasteiger partial charge is 0.253 e. The molecule has 0 saturated heterocycles. The number of benzene rings is 8. The first-order valence-electron chi connectivity index (χ1n) is 23.9. The Kier molecular flexibility index (Phi) is 14.2. The van der Waals surface area contributed by atoms with Crippen molar-refractivity contribution in [2.24, 2.45) is 0 Å². The maximum atomic E-state index is 14.3. The number of fused-ring (bicyclic) bond motifs is 1. The summed E-state index contributed by atoms with van der Waals surface area (Å²) in [7, 11) is -9.06. The molecular formula is C60H64N4O4S2. The van der Waals surface area contributed by atoms with Gasteiger partial charge in [0.1, 0.15) is 0 Å². The molecule has 0 aliphatic carbocycles. The molecular weight excluding hydrogens is 905 g/mol. The van der Waals surface area contributed by atoms with Crippen molar-refractivity contribution < 1.29 is 16.8 Å². The average Bonchev–Trinajstić information content (AvgIpc) is 3.30. The predicted octanol–water partition coefficient (Wildman–Crippen LogP) is 15.2. The van der Waals surface area contributed by atoms with Gasteiger partial charge in [-0.2, -0.15) is 0 Å². The third kappa shape index (κ3) is 10.6. The van der Waals surface area contributed by atoms with E-state index >= 15 is 0 Å². The topological polar surface area (TPSA) is 116 Å². The molecule has 8 aromatic carbocycles. The molecule has 0 amide bonds. The summed E-state index contributed by atoms with van der Waals surface area (Å²) in [6, 6.07) is 45.4. The molecule has 0 saturated carbocycles. The zero-order valence-corrected chi connectivity index (χ0v) is 43.7. The molecule has 4 N–H and O–H groups in total. The Morgan fingerprint density at radius 1 is 0.414 bits per heavy atom. The minimum atomic E-state index is -4.60. The van der Waals surface area contributed by atoms with Crippen LogP contribution in [0.5, 0.6) is 0 Å². The highest BCUT2D eigenvalue weighted by atomic mass is 32.3. The van der Waals surface area contributed by atoms with E-state index in [-0.39, 0.29) is 21.6 Å². The minimum Gasteiger partial charge on any atom is -0.355 e. The Morgan fingerprint density at radius 3 is 1.23 bits per heavy atom. The normalized spacial score (nSPS) is 12.3. The van der Waals surface area contributed by atoms with Crippen molar-refractivity contribution in [1.29, 1.82) is 0 Å². The van der Waals surface area contributed by atoms with E-state index in [4.69, 9.17) is 0 Å². The minimum absolute atomic E-state index is 0.127. The highest BCUT2D eigenvalue weighted by Gasteiger charge is 2.27. The van der Waals surface area contributed by atoms with Gasteiger partial charge in [-0.1, -0.05) is 115 Å². The van der Waals surface area contributed by atoms with Gasteiger partial charge < -0.3 is 16.0 Å². The summed E-state index contributed by atoms with van der Waals surface area (Å²) < 4.78 is 58.1. The number of aryl methyl sites for hydroxylation is 9. The molecule has 0 aliphatic heterocycles. The van der Waals surface area contributed by atoms with Crippen LogP contribution < -0.4 is 20.1 Å². The Hall–Kier alpha value is -6.72. The quantitative estimate of drug-likeness (QED) is 0.0756. The fourth-order valence-corrected chi connectivity index (χ4v) is 12.9. The molecule has 0 fully saturated rings. The van der Waals surface area contributed by atoms with Crippen LogP contribution in [0.25, 0.3) is 10.8 Å². The monoisotopic (exact) mass is 968 g/mol. The van der Waals surface area contributed by atoms with Gasteiger partial charge in [0, 0.05) is 45.4 Å². The molecule has 0 aliphatic rings. The maximum Gasteiger partial charge on any atom is 0.253 e. The standard InChI is InChI=1S/C60H64N4O4S2/c1-12-39(5)46-17-23-51(24-18-46)69(65,66)64-70(67,68)52-25-26-53-54(27-28-56(55(53)35-52)63-60-44(10)33-38(4)34-45(60)11)57(47-13-19-49(20-14-47)61-58-40(6)29-36(2)30-41(58)7)48-15-21-50(22-16-48)62-59-42(8)31-37(3)32-43(59)9/h13-35,39,57,61-64H,12H2,1-11H3. The number of anilines is 6. The molecule has 0 bridgehead atoms. The Morgan fingerprint density at radius 2 is 0.800 bits per heavy atom. The van der Waals surface area contributed by atoms with Gasteiger partial charge in [0.15, 0.2) is 0 Å². The summed E-state index contributed by atoms with van der Waals surface area (Å²) in [6.07, 6.45) is 0.887. The van der Waals surface area contributed by atoms with Crippen LogP contribution in [0.1, 0.15) is 104 Å². The third-order valence-corrected chi connectivity index (χ3v) is 17.1. The molecule has 1 unspecified atom stereocenters. The van der Waals surface area contributed by atoms with Crippen LogP contribution in [0.3, 0.4) is 0 Å². The average molecular weight is 969 g/mol. The van der Waals surface area contributed by atoms with E-state index in [1.165, 1.54) is 51.6 Å². The summed E-state index contributed by atoms with van der Waals surface area (Å²) in [5.74, 6) is -0.0680. The lowest BCUT2D eigenvalue weighted by molar-refractivity contribution is 0.577. The molecule has 8 rings (SSSR count). The summed E-state index contributed by atoms with van der Waals surface area (Å²) >= 11 is 0. The third-order valence-electron chi connectivity index (χ3n) is 13.6. The second-order valence-corrected chi connectivity index (χ2v) is 22.9. The van der Waals surface area contributed by atoms with Crippen molar-refractivity contribution in [2.45, 2.75) is 104 Å². The van der Waals surface area contributed by atoms with Gasteiger partial charge in [-0.05, 0) is 190 Å². The SMILES string of the molecule is CCC(C)c1ccc(S(=O)(=O)NS(=O)(=O)c2ccc3c(C(c4ccc(Nc5c(C)cc(C)cc5C)cc4)c4ccc(Nc5c(C)cc(C)cc5C)cc4)ccc(Nc4c(C)cc(C)cc4C)c3c2)cc1. The molecule has 8 nitrogen and oxygen atoms in total. The van der Waals surface area contributed by atoms with Crippen LogP contribution in [0.4, 0.5) is 34.1 Å². The Bertz CT molecular complexity index is 3320. The first-order valence-corrected chi connectivity index (χ1v) is 26.9. The molecule has 1 atom stereocenters. The molecule has 360 valence electrons. The van der Waals surface area contributed by atoms with Crippen molar-refractivity contribution in [1.82, 2.24) is 4.13 Å². The van der Waals surface area contributed by atoms with Gasteiger partial charge in [0.05, 0.1) is 9.79 Å². The van der Waals surface area contributed by atoms with Gasteiger partial charge in [-0.15, -0.1) is 4.13 Å². The molecule has 0 aromatic heterocycles. The number of sulfonamides is 2. The van der Waals surface area contributed by atoms with Crippen molar-refractivity contribution in [3.05, 3.63) is 212 Å². The number of hydrogen-bond acceptors (Lipinski definition) is 7. The van der Waals surface area contributed by atoms with Gasteiger partial charge in [0.2, 0.25) is 0 Å². The molecule has 10 heteroatoms. The van der Waals surface area contributed by atoms with Crippen molar-refractivity contribution >= 4 is 64.9 Å². The van der Waals surface area contributed by atoms with E-state index in [1.807, 2.05) is 6.07 Å². The molecule has 70 heavy (non-hydrogen) atoms. The molecule has 0 heterocycles. The lowest BCUT2D eigenvalue weighted by Gasteiger charge is -2.24. The van der Waals surface area contributed by atoms with Crippen LogP contribution >= 0.6 is 0 Å². The predicted molar refractivity (Wildman–Crippen MR) is 292 cm³/mol. The summed E-state index contributed by atoms with van der Waals surface area (Å²) in [6.45, 7) is 23.0. The summed E-state index contributed by atoms with van der Waals surface area (Å²) in [5, 5.41) is 12.4. The first-order chi connectivity index (χ1) is 33.2. The summed E-state index contributed by atoms with van der Waals surface area (Å²) in [5.41, 5.74) is 20.0. The molecule has 0 spiro atoms. The Labute approximate surface area is 415 Å². The molecule has 8 aromatic rings. The van der Waals surface area contributed by atoms with Gasteiger partial charge >= 0.3 is 0 Å². The van der Waals surface area contributed by atoms with Crippen molar-refractivity contribution in [3.8, 4) is 0 Å².